The summed E-state index contributed by atoms with van der Waals surface area (Å²) in [5.74, 6) is -7.67. The molecule has 0 unspecified atom stereocenters. The molecule has 0 aliphatic carbocycles. The van der Waals surface area contributed by atoms with E-state index in [-0.39, 0.29) is 50.4 Å². The molecule has 1 aliphatic rings. The minimum absolute atomic E-state index is 0.00764. The van der Waals surface area contributed by atoms with Crippen molar-refractivity contribution in [3.63, 3.8) is 0 Å². The van der Waals surface area contributed by atoms with Crippen LogP contribution in [0.15, 0.2) is 158 Å². The molecule has 1 aliphatic heterocycles. The van der Waals surface area contributed by atoms with Gasteiger partial charge in [-0.25, -0.2) is 62.4 Å². The van der Waals surface area contributed by atoms with Crippen molar-refractivity contribution in [3.05, 3.63) is 278 Å². The molecule has 0 bridgehead atoms. The molecule has 13 aromatic rings. The third kappa shape index (κ3) is 23.8. The third-order valence-corrected chi connectivity index (χ3v) is 20.8. The highest BCUT2D eigenvalue weighted by atomic mass is 32.1. The van der Waals surface area contributed by atoms with Gasteiger partial charge in [-0.15, -0.1) is 11.3 Å². The largest absolute Gasteiger partial charge is 0.508 e. The molecule has 0 spiro atoms. The van der Waals surface area contributed by atoms with Crippen LogP contribution in [0.1, 0.15) is 201 Å². The summed E-state index contributed by atoms with van der Waals surface area (Å²) in [6, 6.07) is 22.6. The summed E-state index contributed by atoms with van der Waals surface area (Å²) in [4.78, 5) is 8.94. The van der Waals surface area contributed by atoms with Crippen LogP contribution in [0, 0.1) is 83.7 Å². The van der Waals surface area contributed by atoms with E-state index in [1.807, 2.05) is 120 Å². The maximum atomic E-state index is 14.3. The van der Waals surface area contributed by atoms with E-state index < -0.39 is 96.5 Å². The van der Waals surface area contributed by atoms with Crippen LogP contribution in [-0.2, 0) is 37.9 Å². The van der Waals surface area contributed by atoms with Gasteiger partial charge < -0.3 is 14.6 Å². The predicted molar refractivity (Wildman–Crippen MR) is 470 cm³/mol. The van der Waals surface area contributed by atoms with Crippen LogP contribution in [-0.4, -0.2) is 87.6 Å². The summed E-state index contributed by atoms with van der Waals surface area (Å²) in [5.41, 5.74) is 5.79. The van der Waals surface area contributed by atoms with Gasteiger partial charge in [-0.05, 0) is 140 Å². The highest BCUT2D eigenvalue weighted by Gasteiger charge is 2.33. The lowest BCUT2D eigenvalue weighted by Crippen LogP contribution is -2.17. The molecule has 7 aromatic carbocycles. The number of nitrogens with zero attached hydrogens (tertiary/aromatic N) is 8. The number of aromatic hydroxyl groups is 1. The maximum Gasteiger partial charge on any atom is 0.167 e. The Morgan fingerprint density at radius 1 is 0.395 bits per heavy atom. The van der Waals surface area contributed by atoms with Crippen molar-refractivity contribution >= 4 is 23.1 Å². The second-order valence-electron chi connectivity index (χ2n) is 36.6. The number of H-pyrrole nitrogens is 4. The molecule has 5 N–H and O–H groups in total. The Morgan fingerprint density at radius 3 is 1.24 bits per heavy atom. The molecular formula is C96H108F12N12O3S. The SMILES string of the molecule is CC(C)(C)c1c(F)cc(-c2cn[nH]c2)cc1F.CC(C)(C)c1c(O)cc(-c2cn[nH]c2)c(F)c1F.CC(C)(C)c1ccc(-c2cn[nH]c2)c(F)c1F.CC(C)(C)c1ccc(C2=CC=NC2)c(F)c1F.COc1cc(-c2cn[nH]c2)c(F)c(F)c1C(C)(C)C.COc1cc(-n2cccn2)ccc1C(C)(C)C.Cc1nc(C)c(-c2cc(F)c(C(C)(C)C)cc2F)s1. The Kier molecular flexibility index (Phi) is 31.0. The first-order valence-electron chi connectivity index (χ1n) is 39.6. The number of aromatic amines is 4. The number of aliphatic imine (C=N–C) groups is 1. The first-order valence-corrected chi connectivity index (χ1v) is 40.5. The zero-order chi connectivity index (χ0) is 92.4. The van der Waals surface area contributed by atoms with Gasteiger partial charge in [0.05, 0.1) is 66.8 Å². The summed E-state index contributed by atoms with van der Waals surface area (Å²) in [6.45, 7) is 43.3. The monoisotopic (exact) mass is 1740 g/mol. The number of halogens is 12. The highest BCUT2D eigenvalue weighted by molar-refractivity contribution is 7.15. The fraction of sp³-hybridized carbons (Fsp3) is 0.344. The Bertz CT molecular complexity index is 5830. The van der Waals surface area contributed by atoms with Crippen molar-refractivity contribution in [2.24, 2.45) is 4.99 Å². The Labute approximate surface area is 721 Å². The van der Waals surface area contributed by atoms with Crippen LogP contribution in [0.25, 0.3) is 66.2 Å². The minimum atomic E-state index is -1.02. The molecule has 6 aromatic heterocycles. The number of benzene rings is 7. The second kappa shape index (κ2) is 39.4. The maximum absolute atomic E-state index is 14.3. The molecule has 0 atom stereocenters. The molecule has 0 fully saturated rings. The lowest BCUT2D eigenvalue weighted by molar-refractivity contribution is 0.380. The quantitative estimate of drug-likeness (QED) is 0.0874. The van der Waals surface area contributed by atoms with E-state index in [2.05, 4.69) is 88.8 Å². The van der Waals surface area contributed by atoms with Gasteiger partial charge in [-0.2, -0.15) is 25.5 Å². The van der Waals surface area contributed by atoms with E-state index in [1.54, 1.807) is 97.6 Å². The molecule has 28 heteroatoms. The lowest BCUT2D eigenvalue weighted by atomic mass is 9.84. The number of thiazole rings is 1. The molecule has 7 heterocycles. The van der Waals surface area contributed by atoms with Gasteiger partial charge in [-0.3, -0.25) is 25.4 Å². The van der Waals surface area contributed by atoms with Crippen LogP contribution >= 0.6 is 11.3 Å². The number of phenolic OH excluding ortho intramolecular Hbond substituents is 1. The number of phenols is 1. The summed E-state index contributed by atoms with van der Waals surface area (Å²) in [5, 5.41) is 40.2. The fourth-order valence-corrected chi connectivity index (χ4v) is 14.4. The van der Waals surface area contributed by atoms with Crippen molar-refractivity contribution in [1.29, 1.82) is 0 Å². The van der Waals surface area contributed by atoms with Crippen LogP contribution in [0.2, 0.25) is 0 Å². The van der Waals surface area contributed by atoms with Crippen LogP contribution < -0.4 is 9.47 Å². The van der Waals surface area contributed by atoms with Gasteiger partial charge >= 0.3 is 0 Å². The fourth-order valence-electron chi connectivity index (χ4n) is 13.5. The summed E-state index contributed by atoms with van der Waals surface area (Å²) in [6.07, 6.45) is 18.9. The highest BCUT2D eigenvalue weighted by Crippen LogP contribution is 2.44. The van der Waals surface area contributed by atoms with Gasteiger partial charge in [0, 0.05) is 116 Å². The number of allylic oxidation sites excluding steroid dienone is 1. The van der Waals surface area contributed by atoms with Gasteiger partial charge in [0.1, 0.15) is 40.5 Å². The molecule has 0 saturated heterocycles. The number of ether oxygens (including phenoxy) is 2. The van der Waals surface area contributed by atoms with Gasteiger partial charge in [0.2, 0.25) is 0 Å². The zero-order valence-corrected chi connectivity index (χ0v) is 75.3. The third-order valence-electron chi connectivity index (χ3n) is 19.7. The Balaban J connectivity index is 0.000000179. The number of aromatic nitrogens is 11. The number of methoxy groups -OCH3 is 2. The van der Waals surface area contributed by atoms with Crippen molar-refractivity contribution < 1.29 is 67.3 Å². The van der Waals surface area contributed by atoms with Crippen LogP contribution in [0.3, 0.4) is 0 Å². The molecular weight excluding hydrogens is 1630 g/mol. The van der Waals surface area contributed by atoms with Crippen molar-refractivity contribution in [3.8, 4) is 77.9 Å². The van der Waals surface area contributed by atoms with Crippen molar-refractivity contribution in [2.45, 2.75) is 197 Å². The molecule has 660 valence electrons. The van der Waals surface area contributed by atoms with Crippen molar-refractivity contribution in [2.75, 3.05) is 20.8 Å². The smallest absolute Gasteiger partial charge is 0.167 e. The van der Waals surface area contributed by atoms with E-state index >= 15 is 0 Å². The summed E-state index contributed by atoms with van der Waals surface area (Å²) >= 11 is 1.39. The number of rotatable bonds is 9. The van der Waals surface area contributed by atoms with E-state index in [9.17, 15) is 57.8 Å². The molecule has 0 saturated carbocycles. The zero-order valence-electron chi connectivity index (χ0n) is 74.5. The number of hydrogen-bond donors (Lipinski definition) is 5. The predicted octanol–water partition coefficient (Wildman–Crippen LogP) is 26.2. The van der Waals surface area contributed by atoms with Gasteiger partial charge in [-0.1, -0.05) is 176 Å². The van der Waals surface area contributed by atoms with Crippen molar-refractivity contribution in [1.82, 2.24) is 55.6 Å². The van der Waals surface area contributed by atoms with Gasteiger partial charge in [0.25, 0.3) is 0 Å². The van der Waals surface area contributed by atoms with E-state index in [0.29, 0.717) is 72.8 Å². The van der Waals surface area contributed by atoms with E-state index in [4.69, 9.17) is 9.47 Å². The first-order chi connectivity index (χ1) is 57.6. The summed E-state index contributed by atoms with van der Waals surface area (Å²) < 4.78 is 181. The number of aryl methyl sites for hydroxylation is 2. The topological polar surface area (TPSA) is 196 Å². The molecule has 0 amide bonds. The average Bonchev–Trinajstić information content (AvgIpc) is 1.05. The second-order valence-corrected chi connectivity index (χ2v) is 37.8. The standard InChI is InChI=1S/C15H17F2NS.C14H16F2N2O.C14H15F2N.C14H18N2O.C13H14F2N2O.2C13H14F2N2/c1-8-14(19-9(2)18-8)10-6-13(17)11(7-12(10)16)15(3,4)5;1-14(2,3)11-10(19-4)5-9(12(15)13(11)16)8-6-17-18-7-8;1-14(2,3)11-5-4-10(12(15)13(11)16)9-6-7-17-8-9;1-14(2,3)12-7-6-11(10-13(12)17-4)16-9-5-8-15-16;1-13(2,3)10-9(18)4-8(11(14)12(10)15)7-5-16-17-6-7;1-13(2,3)12-10(14)4-8(5-11(12)15)9-6-16-17-7-9;1-13(2,3)10-5-4-9(11(14)12(10)15)8-6-16-17-7-8/h6-7H,1-5H3;5-7H,1-4H3,(H,17,18);4-7H,8H2,1-3H3;5-10H,1-4H3;4-6,18H,1-3H3,(H,16,17);2*4-7H,1-3H3,(H,16,17). The molecule has 0 radical (unpaired) electrons. The van der Waals surface area contributed by atoms with E-state index in [1.165, 1.54) is 104 Å². The first kappa shape index (κ1) is 97.6. The minimum Gasteiger partial charge on any atom is -0.508 e. The van der Waals surface area contributed by atoms with Gasteiger partial charge in [0.15, 0.2) is 46.5 Å². The lowest BCUT2D eigenvalue weighted by Gasteiger charge is -2.23. The molecule has 15 nitrogen and oxygen atoms in total. The molecule has 124 heavy (non-hydrogen) atoms. The van der Waals surface area contributed by atoms with E-state index in [0.717, 1.165) is 27.7 Å². The molecule has 14 rings (SSSR count). The average molecular weight is 1740 g/mol. The van der Waals surface area contributed by atoms with Crippen LogP contribution in [0.4, 0.5) is 52.7 Å². The summed E-state index contributed by atoms with van der Waals surface area (Å²) in [7, 11) is 3.15. The Hall–Kier alpha value is -11.8. The number of nitrogens with one attached hydrogen (secondary N) is 4. The number of hydrogen-bond acceptors (Lipinski definition) is 11. The normalized spacial score (nSPS) is 12.2. The van der Waals surface area contributed by atoms with Crippen LogP contribution in [0.5, 0.6) is 17.2 Å². The Morgan fingerprint density at radius 2 is 0.831 bits per heavy atom.